The number of fused-ring (bicyclic) bond motifs is 2. The molecule has 14 nitrogen and oxygen atoms in total. The van der Waals surface area contributed by atoms with Crippen LogP contribution in [0.1, 0.15) is 61.9 Å². The van der Waals surface area contributed by atoms with Crippen LogP contribution >= 0.6 is 11.6 Å². The Hall–Kier alpha value is -5.61. The van der Waals surface area contributed by atoms with E-state index in [0.29, 0.717) is 40.5 Å². The maximum atomic E-state index is 14.2. The smallest absolute Gasteiger partial charge is 0.267 e. The van der Waals surface area contributed by atoms with Crippen LogP contribution in [0.15, 0.2) is 101 Å². The fraction of sp³-hybridized carbons (Fsp3) is 0.370. The maximum Gasteiger partial charge on any atom is 0.267 e. The zero-order valence-corrected chi connectivity index (χ0v) is 36.5. The van der Waals surface area contributed by atoms with Gasteiger partial charge in [-0.1, -0.05) is 43.2 Å². The summed E-state index contributed by atoms with van der Waals surface area (Å²) >= 11 is 6.26. The van der Waals surface area contributed by atoms with Gasteiger partial charge in [0, 0.05) is 61.6 Å². The Morgan fingerprint density at radius 2 is 1.77 bits per heavy atom. The fourth-order valence-corrected chi connectivity index (χ4v) is 10.2. The van der Waals surface area contributed by atoms with Crippen LogP contribution in [0.25, 0.3) is 33.3 Å². The summed E-state index contributed by atoms with van der Waals surface area (Å²) in [4.78, 5) is 38.5. The van der Waals surface area contributed by atoms with E-state index in [0.717, 1.165) is 94.0 Å². The summed E-state index contributed by atoms with van der Waals surface area (Å²) in [6, 6.07) is 21.6. The van der Waals surface area contributed by atoms with Crippen molar-refractivity contribution < 1.29 is 13.2 Å². The number of amides is 1. The van der Waals surface area contributed by atoms with E-state index in [1.165, 1.54) is 34.9 Å². The number of halogens is 1. The minimum atomic E-state index is -4.43. The van der Waals surface area contributed by atoms with Crippen molar-refractivity contribution in [1.82, 2.24) is 34.7 Å². The van der Waals surface area contributed by atoms with Gasteiger partial charge < -0.3 is 20.5 Å². The van der Waals surface area contributed by atoms with E-state index in [1.54, 1.807) is 16.9 Å². The van der Waals surface area contributed by atoms with Crippen molar-refractivity contribution in [3.05, 3.63) is 112 Å². The molecule has 1 amide bonds. The first-order valence-corrected chi connectivity index (χ1v) is 23.2. The lowest BCUT2D eigenvalue weighted by molar-refractivity contribution is 0.0981. The lowest BCUT2D eigenvalue weighted by Gasteiger charge is -2.39. The zero-order chi connectivity index (χ0) is 43.0. The highest BCUT2D eigenvalue weighted by Crippen LogP contribution is 2.43. The third kappa shape index (κ3) is 8.85. The average molecular weight is 875 g/mol. The van der Waals surface area contributed by atoms with E-state index >= 15 is 0 Å². The molecular formula is C46H51ClN10O4S. The van der Waals surface area contributed by atoms with Crippen LogP contribution in [0.3, 0.4) is 0 Å². The van der Waals surface area contributed by atoms with E-state index < -0.39 is 15.9 Å². The van der Waals surface area contributed by atoms with Crippen LogP contribution in [0.2, 0.25) is 5.02 Å². The number of aromatic nitrogens is 4. The molecule has 2 saturated heterocycles. The molecule has 0 radical (unpaired) electrons. The number of hydrogen-bond donors (Lipinski definition) is 4. The summed E-state index contributed by atoms with van der Waals surface area (Å²) in [5, 5.41) is 16.0. The van der Waals surface area contributed by atoms with Crippen LogP contribution in [0, 0.1) is 16.2 Å². The molecule has 3 aromatic carbocycles. The Morgan fingerprint density at radius 3 is 2.55 bits per heavy atom. The van der Waals surface area contributed by atoms with Crippen molar-refractivity contribution in [3.63, 3.8) is 0 Å². The minimum absolute atomic E-state index is 0.0487. The number of allylic oxidation sites excluding steroid dienone is 1. The average Bonchev–Trinajstić information content (AvgIpc) is 3.92. The predicted molar refractivity (Wildman–Crippen MR) is 246 cm³/mol. The summed E-state index contributed by atoms with van der Waals surface area (Å²) in [5.41, 5.74) is 8.15. The van der Waals surface area contributed by atoms with Crippen molar-refractivity contribution in [2.75, 3.05) is 62.6 Å². The van der Waals surface area contributed by atoms with Gasteiger partial charge in [0.05, 0.1) is 33.5 Å². The first kappa shape index (κ1) is 41.7. The standard InChI is InChI=1S/C46H51ClN10O4S/c1-46(2)15-11-33(38(26-46)31-3-5-34(47)6-4-31)29-55-19-21-56(22-20-55)35-7-9-37(42(24-35)57-43-23-32-14-18-49-44(32)52-41(43)28-51-57)45(58)54-62(60,61)36-8-10-39(40(25-36)53-59)50-27-30-12-16-48-17-13-30/h3-10,14,18,23-25,28,30,48,50H,11-13,15-17,19-22,26-27,29H2,1-2H3,(H,49,52)(H,54,58). The van der Waals surface area contributed by atoms with E-state index in [1.807, 2.05) is 42.6 Å². The van der Waals surface area contributed by atoms with Gasteiger partial charge in [-0.15, -0.1) is 4.91 Å². The molecule has 322 valence electrons. The number of H-pyrrole nitrogens is 1. The van der Waals surface area contributed by atoms with Gasteiger partial charge in [-0.3, -0.25) is 9.69 Å². The summed E-state index contributed by atoms with van der Waals surface area (Å²) in [6.07, 6.45) is 8.68. The maximum absolute atomic E-state index is 14.2. The number of nitrogens with zero attached hydrogens (tertiary/aromatic N) is 6. The number of carbonyl (C=O) groups is 1. The van der Waals surface area contributed by atoms with E-state index in [9.17, 15) is 18.1 Å². The van der Waals surface area contributed by atoms with Crippen molar-refractivity contribution in [1.29, 1.82) is 0 Å². The summed E-state index contributed by atoms with van der Waals surface area (Å²) in [5.74, 6) is -0.419. The number of benzene rings is 3. The van der Waals surface area contributed by atoms with Gasteiger partial charge in [0.1, 0.15) is 16.9 Å². The number of sulfonamides is 1. The fourth-order valence-electron chi connectivity index (χ4n) is 9.08. The number of nitrogens with one attached hydrogen (secondary N) is 4. The molecule has 9 rings (SSSR count). The Balaban J connectivity index is 0.970. The van der Waals surface area contributed by atoms with Crippen molar-refractivity contribution in [3.8, 4) is 5.69 Å². The number of nitroso groups, excluding NO2 is 1. The first-order valence-electron chi connectivity index (χ1n) is 21.3. The molecule has 6 aromatic rings. The van der Waals surface area contributed by atoms with Gasteiger partial charge in [-0.05, 0) is 134 Å². The summed E-state index contributed by atoms with van der Waals surface area (Å²) in [6.45, 7) is 11.3. The Morgan fingerprint density at radius 1 is 0.984 bits per heavy atom. The van der Waals surface area contributed by atoms with Gasteiger partial charge >= 0.3 is 0 Å². The molecule has 1 aliphatic carbocycles. The van der Waals surface area contributed by atoms with E-state index in [-0.39, 0.29) is 21.6 Å². The highest BCUT2D eigenvalue weighted by atomic mass is 35.5. The molecule has 0 unspecified atom stereocenters. The first-order chi connectivity index (χ1) is 29.9. The normalized spacial score (nSPS) is 17.8. The second-order valence-electron chi connectivity index (χ2n) is 17.5. The van der Waals surface area contributed by atoms with Crippen LogP contribution in [0.5, 0.6) is 0 Å². The predicted octanol–water partition coefficient (Wildman–Crippen LogP) is 8.27. The molecule has 0 saturated carbocycles. The molecule has 16 heteroatoms. The monoisotopic (exact) mass is 874 g/mol. The quantitative estimate of drug-likeness (QED) is 0.0879. The third-order valence-electron chi connectivity index (χ3n) is 12.7. The Bertz CT molecular complexity index is 2790. The van der Waals surface area contributed by atoms with Crippen LogP contribution in [-0.4, -0.2) is 91.3 Å². The molecule has 3 aromatic heterocycles. The number of rotatable bonds is 12. The molecule has 3 aliphatic rings. The lowest BCUT2D eigenvalue weighted by Crippen LogP contribution is -2.47. The largest absolute Gasteiger partial charge is 0.383 e. The van der Waals surface area contributed by atoms with Gasteiger partial charge in [-0.25, -0.2) is 22.8 Å². The molecule has 0 bridgehead atoms. The number of anilines is 2. The minimum Gasteiger partial charge on any atom is -0.383 e. The number of piperidine rings is 1. The third-order valence-corrected chi connectivity index (χ3v) is 14.3. The van der Waals surface area contributed by atoms with Gasteiger partial charge in [0.25, 0.3) is 15.9 Å². The lowest BCUT2D eigenvalue weighted by atomic mass is 9.72. The van der Waals surface area contributed by atoms with Crippen LogP contribution in [-0.2, 0) is 10.0 Å². The number of aromatic amines is 1. The highest BCUT2D eigenvalue weighted by Gasteiger charge is 2.30. The number of pyridine rings is 1. The van der Waals surface area contributed by atoms with Crippen molar-refractivity contribution in [2.45, 2.75) is 50.8 Å². The topological polar surface area (TPSA) is 170 Å². The Labute approximate surface area is 366 Å². The number of carbonyl (C=O) groups excluding carboxylic acids is 1. The number of hydrogen-bond acceptors (Lipinski definition) is 11. The Kier molecular flexibility index (Phi) is 11.6. The summed E-state index contributed by atoms with van der Waals surface area (Å²) in [7, 11) is -4.43. The highest BCUT2D eigenvalue weighted by molar-refractivity contribution is 7.90. The van der Waals surface area contributed by atoms with Crippen molar-refractivity contribution >= 4 is 72.2 Å². The van der Waals surface area contributed by atoms with Gasteiger partial charge in [-0.2, -0.15) is 5.10 Å². The number of piperazine rings is 1. The molecule has 0 spiro atoms. The summed E-state index contributed by atoms with van der Waals surface area (Å²) < 4.78 is 31.5. The van der Waals surface area contributed by atoms with E-state index in [4.69, 9.17) is 16.6 Å². The van der Waals surface area contributed by atoms with Crippen LogP contribution in [0.4, 0.5) is 17.1 Å². The van der Waals surface area contributed by atoms with Crippen molar-refractivity contribution in [2.24, 2.45) is 16.5 Å². The molecule has 2 aliphatic heterocycles. The second kappa shape index (κ2) is 17.3. The molecular weight excluding hydrogens is 824 g/mol. The molecule has 2 fully saturated rings. The zero-order valence-electron chi connectivity index (χ0n) is 35.0. The SMILES string of the molecule is CC1(C)CCC(CN2CCN(c3ccc(C(=O)NS(=O)(=O)c4ccc(NCC5CCNCC5)c(N=O)c4)c(-n4ncc5nc6[nH]ccc6cc54)c3)CC2)=C(c2ccc(Cl)cc2)C1. The molecule has 62 heavy (non-hydrogen) atoms. The molecule has 0 atom stereocenters. The molecule has 4 N–H and O–H groups in total. The molecule has 5 heterocycles. The van der Waals surface area contributed by atoms with E-state index in [2.05, 4.69) is 66.4 Å². The van der Waals surface area contributed by atoms with Crippen LogP contribution < -0.4 is 20.3 Å². The second-order valence-corrected chi connectivity index (χ2v) is 19.7. The van der Waals surface area contributed by atoms with Gasteiger partial charge in [0.2, 0.25) is 0 Å². The van der Waals surface area contributed by atoms with Gasteiger partial charge in [0.15, 0.2) is 0 Å².